The molecule has 0 aliphatic heterocycles. The van der Waals surface area contributed by atoms with Crippen molar-refractivity contribution in [3.8, 4) is 5.75 Å². The van der Waals surface area contributed by atoms with Crippen LogP contribution in [0.2, 0.25) is 0 Å². The van der Waals surface area contributed by atoms with Gasteiger partial charge in [-0.3, -0.25) is 0 Å². The minimum absolute atomic E-state index is 0.437. The fourth-order valence-corrected chi connectivity index (χ4v) is 4.36. The van der Waals surface area contributed by atoms with Gasteiger partial charge in [0.25, 0.3) is 0 Å². The van der Waals surface area contributed by atoms with Gasteiger partial charge in [0.2, 0.25) is 0 Å². The fraction of sp³-hybridized carbons (Fsp3) is 0.727. The first kappa shape index (κ1) is 20.2. The third kappa shape index (κ3) is 5.97. The van der Waals surface area contributed by atoms with Crippen LogP contribution in [0.4, 0.5) is 8.78 Å². The maximum absolute atomic E-state index is 13.2. The number of rotatable bonds is 4. The monoisotopic (exact) mass is 352 g/mol. The van der Waals surface area contributed by atoms with Gasteiger partial charge in [0, 0.05) is 6.07 Å². The Balaban J connectivity index is 0.00000109. The Labute approximate surface area is 152 Å². The number of hydrogen-bond acceptors (Lipinski definition) is 1. The quantitative estimate of drug-likeness (QED) is 0.566. The van der Waals surface area contributed by atoms with Gasteiger partial charge < -0.3 is 4.74 Å². The minimum atomic E-state index is -0.835. The van der Waals surface area contributed by atoms with E-state index in [-0.39, 0.29) is 0 Å². The molecule has 25 heavy (non-hydrogen) atoms. The number of halogens is 2. The standard InChI is InChI=1S/C20H28F2O.C2H6/c1-14-2-6-16(7-3-14)17-8-4-15(5-9-17)13-23-18-10-11-19(21)20(22)12-18;1-2/h10-12,14-17H,2-9,13H2,1H3;1-2H3. The van der Waals surface area contributed by atoms with Crippen molar-refractivity contribution in [2.75, 3.05) is 6.61 Å². The fourth-order valence-electron chi connectivity index (χ4n) is 4.36. The van der Waals surface area contributed by atoms with E-state index >= 15 is 0 Å². The minimum Gasteiger partial charge on any atom is -0.493 e. The predicted molar refractivity (Wildman–Crippen MR) is 99.8 cm³/mol. The highest BCUT2D eigenvalue weighted by Gasteiger charge is 2.30. The van der Waals surface area contributed by atoms with Gasteiger partial charge in [-0.2, -0.15) is 0 Å². The van der Waals surface area contributed by atoms with Crippen molar-refractivity contribution in [2.24, 2.45) is 23.7 Å². The maximum Gasteiger partial charge on any atom is 0.162 e. The van der Waals surface area contributed by atoms with Crippen LogP contribution < -0.4 is 4.74 Å². The molecule has 2 aliphatic rings. The summed E-state index contributed by atoms with van der Waals surface area (Å²) in [6.07, 6.45) is 10.7. The average molecular weight is 353 g/mol. The molecule has 1 aromatic rings. The van der Waals surface area contributed by atoms with Crippen LogP contribution in [0.1, 0.15) is 72.1 Å². The highest BCUT2D eigenvalue weighted by molar-refractivity contribution is 5.23. The predicted octanol–water partition coefficient (Wildman–Crippen LogP) is 7.00. The molecule has 0 aromatic heterocycles. The number of ether oxygens (including phenoxy) is 1. The van der Waals surface area contributed by atoms with E-state index < -0.39 is 11.6 Å². The molecule has 1 nitrogen and oxygen atoms in total. The van der Waals surface area contributed by atoms with Crippen molar-refractivity contribution in [1.82, 2.24) is 0 Å². The van der Waals surface area contributed by atoms with Crippen molar-refractivity contribution in [1.29, 1.82) is 0 Å². The van der Waals surface area contributed by atoms with E-state index in [1.165, 1.54) is 57.4 Å². The number of benzene rings is 1. The number of hydrogen-bond donors (Lipinski definition) is 0. The van der Waals surface area contributed by atoms with E-state index in [1.807, 2.05) is 13.8 Å². The van der Waals surface area contributed by atoms with E-state index in [9.17, 15) is 8.78 Å². The lowest BCUT2D eigenvalue weighted by molar-refractivity contribution is 0.126. The SMILES string of the molecule is CC.CC1CCC(C2CCC(COc3ccc(F)c(F)c3)CC2)CC1. The topological polar surface area (TPSA) is 9.23 Å². The van der Waals surface area contributed by atoms with Gasteiger partial charge in [0.05, 0.1) is 6.61 Å². The first-order valence-electron chi connectivity index (χ1n) is 10.2. The zero-order valence-corrected chi connectivity index (χ0v) is 16.1. The second kappa shape index (κ2) is 10.1. The second-order valence-electron chi connectivity index (χ2n) is 7.69. The van der Waals surface area contributed by atoms with E-state index in [1.54, 1.807) is 0 Å². The van der Waals surface area contributed by atoms with Gasteiger partial charge in [-0.05, 0) is 74.3 Å². The molecule has 0 N–H and O–H groups in total. The Hall–Kier alpha value is -1.12. The largest absolute Gasteiger partial charge is 0.493 e. The Kier molecular flexibility index (Phi) is 8.18. The molecule has 2 fully saturated rings. The van der Waals surface area contributed by atoms with Gasteiger partial charge >= 0.3 is 0 Å². The molecule has 2 saturated carbocycles. The molecule has 0 saturated heterocycles. The lowest BCUT2D eigenvalue weighted by atomic mass is 9.69. The summed E-state index contributed by atoms with van der Waals surface area (Å²) in [6.45, 7) is 7.00. The smallest absolute Gasteiger partial charge is 0.162 e. The molecule has 0 amide bonds. The zero-order chi connectivity index (χ0) is 18.2. The van der Waals surface area contributed by atoms with Gasteiger partial charge in [-0.1, -0.05) is 33.6 Å². The van der Waals surface area contributed by atoms with Gasteiger partial charge in [0.15, 0.2) is 11.6 Å². The Morgan fingerprint density at radius 3 is 1.96 bits per heavy atom. The Bertz CT molecular complexity index is 501. The highest BCUT2D eigenvalue weighted by Crippen LogP contribution is 2.41. The summed E-state index contributed by atoms with van der Waals surface area (Å²) in [5.41, 5.74) is 0. The summed E-state index contributed by atoms with van der Waals surface area (Å²) in [5.74, 6) is 2.11. The zero-order valence-electron chi connectivity index (χ0n) is 16.1. The molecule has 0 spiro atoms. The van der Waals surface area contributed by atoms with Crippen LogP contribution in [0.5, 0.6) is 5.75 Å². The summed E-state index contributed by atoms with van der Waals surface area (Å²) in [7, 11) is 0. The van der Waals surface area contributed by atoms with Gasteiger partial charge in [0.1, 0.15) is 5.75 Å². The summed E-state index contributed by atoms with van der Waals surface area (Å²) in [5, 5.41) is 0. The molecule has 3 heteroatoms. The van der Waals surface area contributed by atoms with Gasteiger partial charge in [-0.25, -0.2) is 8.78 Å². The molecular formula is C22H34F2O. The summed E-state index contributed by atoms with van der Waals surface area (Å²) >= 11 is 0. The molecule has 2 aliphatic carbocycles. The molecule has 3 rings (SSSR count). The van der Waals surface area contributed by atoms with Crippen LogP contribution >= 0.6 is 0 Å². The molecule has 0 atom stereocenters. The third-order valence-electron chi connectivity index (χ3n) is 6.00. The molecule has 1 aromatic carbocycles. The van der Waals surface area contributed by atoms with Crippen LogP contribution in [-0.4, -0.2) is 6.61 Å². The van der Waals surface area contributed by atoms with Crippen molar-refractivity contribution in [3.05, 3.63) is 29.8 Å². The molecule has 142 valence electrons. The van der Waals surface area contributed by atoms with Gasteiger partial charge in [-0.15, -0.1) is 0 Å². The lowest BCUT2D eigenvalue weighted by Crippen LogP contribution is -2.27. The molecule has 0 unspecified atom stereocenters. The normalized spacial score (nSPS) is 29.5. The van der Waals surface area contributed by atoms with Crippen LogP contribution in [0.15, 0.2) is 18.2 Å². The highest BCUT2D eigenvalue weighted by atomic mass is 19.2. The lowest BCUT2D eigenvalue weighted by Gasteiger charge is -2.37. The summed E-state index contributed by atoms with van der Waals surface area (Å²) in [4.78, 5) is 0. The van der Waals surface area contributed by atoms with Crippen molar-refractivity contribution in [2.45, 2.75) is 72.1 Å². The molecule has 0 radical (unpaired) electrons. The molecule has 0 bridgehead atoms. The second-order valence-corrected chi connectivity index (χ2v) is 7.69. The van der Waals surface area contributed by atoms with E-state index in [0.29, 0.717) is 18.3 Å². The molecule has 0 heterocycles. The van der Waals surface area contributed by atoms with Crippen LogP contribution in [0.25, 0.3) is 0 Å². The Morgan fingerprint density at radius 2 is 1.40 bits per heavy atom. The molecular weight excluding hydrogens is 318 g/mol. The third-order valence-corrected chi connectivity index (χ3v) is 6.00. The van der Waals surface area contributed by atoms with Crippen LogP contribution in [-0.2, 0) is 0 Å². The van der Waals surface area contributed by atoms with E-state index in [0.717, 1.165) is 29.9 Å². The average Bonchev–Trinajstić information content (AvgIpc) is 2.65. The summed E-state index contributed by atoms with van der Waals surface area (Å²) in [6, 6.07) is 3.78. The summed E-state index contributed by atoms with van der Waals surface area (Å²) < 4.78 is 31.8. The van der Waals surface area contributed by atoms with Crippen molar-refractivity contribution in [3.63, 3.8) is 0 Å². The maximum atomic E-state index is 13.2. The van der Waals surface area contributed by atoms with E-state index in [2.05, 4.69) is 6.92 Å². The van der Waals surface area contributed by atoms with E-state index in [4.69, 9.17) is 4.74 Å². The first-order chi connectivity index (χ1) is 12.1. The Morgan fingerprint density at radius 1 is 0.840 bits per heavy atom. The van der Waals surface area contributed by atoms with Crippen LogP contribution in [0.3, 0.4) is 0 Å². The first-order valence-corrected chi connectivity index (χ1v) is 10.2. The van der Waals surface area contributed by atoms with Crippen molar-refractivity contribution < 1.29 is 13.5 Å². The van der Waals surface area contributed by atoms with Crippen molar-refractivity contribution >= 4 is 0 Å². The van der Waals surface area contributed by atoms with Crippen LogP contribution in [0, 0.1) is 35.3 Å².